The molecule has 2 fully saturated rings. The van der Waals surface area contributed by atoms with Crippen LogP contribution in [0.4, 0.5) is 4.79 Å². The topological polar surface area (TPSA) is 100 Å². The first-order valence-corrected chi connectivity index (χ1v) is 10.2. The fraction of sp³-hybridized carbons (Fsp3) is 0.591. The molecule has 1 N–H and O–H groups in total. The van der Waals surface area contributed by atoms with Crippen molar-refractivity contribution in [1.82, 2.24) is 5.32 Å². The fourth-order valence-corrected chi connectivity index (χ4v) is 3.55. The molecule has 8 heteroatoms. The van der Waals surface area contributed by atoms with E-state index in [4.69, 9.17) is 18.9 Å². The van der Waals surface area contributed by atoms with Crippen molar-refractivity contribution in [2.24, 2.45) is 0 Å². The minimum atomic E-state index is -1.00. The SMILES string of the molecule is CC(C)(C)OC(=O)N[C@@H](Cc1ccccc1)C(=O)O[C@H]1CC2(CCC1=O)OCCO2. The zero-order chi connectivity index (χ0) is 21.8. The second-order valence-corrected chi connectivity index (χ2v) is 8.59. The third-order valence-corrected chi connectivity index (χ3v) is 4.94. The highest BCUT2D eigenvalue weighted by Crippen LogP contribution is 2.35. The standard InChI is InChI=1S/C22H29NO7/c1-21(2,3)30-20(26)23-16(13-15-7-5-4-6-8-15)19(25)29-18-14-22(10-9-17(18)24)27-11-12-28-22/h4-8,16,18H,9-14H2,1-3H3,(H,23,26)/t16-,18-/m0/s1. The van der Waals surface area contributed by atoms with E-state index >= 15 is 0 Å². The number of esters is 1. The fourth-order valence-electron chi connectivity index (χ4n) is 3.55. The molecule has 1 heterocycles. The molecule has 0 radical (unpaired) electrons. The summed E-state index contributed by atoms with van der Waals surface area (Å²) >= 11 is 0. The summed E-state index contributed by atoms with van der Waals surface area (Å²) in [6, 6.07) is 8.23. The Morgan fingerprint density at radius 2 is 1.87 bits per heavy atom. The molecule has 1 aliphatic carbocycles. The van der Waals surface area contributed by atoms with Crippen molar-refractivity contribution in [3.05, 3.63) is 35.9 Å². The van der Waals surface area contributed by atoms with Gasteiger partial charge in [-0.2, -0.15) is 0 Å². The van der Waals surface area contributed by atoms with Gasteiger partial charge >= 0.3 is 12.1 Å². The summed E-state index contributed by atoms with van der Waals surface area (Å²) in [6.07, 6.45) is -0.679. The van der Waals surface area contributed by atoms with Crippen molar-refractivity contribution in [3.63, 3.8) is 0 Å². The number of nitrogens with one attached hydrogen (secondary N) is 1. The zero-order valence-electron chi connectivity index (χ0n) is 17.6. The lowest BCUT2D eigenvalue weighted by Gasteiger charge is -2.35. The highest BCUT2D eigenvalue weighted by atomic mass is 16.7. The minimum Gasteiger partial charge on any atom is -0.453 e. The number of benzene rings is 1. The third-order valence-electron chi connectivity index (χ3n) is 4.94. The van der Waals surface area contributed by atoms with Gasteiger partial charge in [-0.3, -0.25) is 4.79 Å². The average Bonchev–Trinajstić information content (AvgIpc) is 3.12. The lowest BCUT2D eigenvalue weighted by atomic mass is 9.90. The Hall–Kier alpha value is -2.45. The maximum atomic E-state index is 12.9. The van der Waals surface area contributed by atoms with Crippen molar-refractivity contribution in [2.75, 3.05) is 13.2 Å². The zero-order valence-corrected chi connectivity index (χ0v) is 17.6. The Labute approximate surface area is 176 Å². The van der Waals surface area contributed by atoms with E-state index in [-0.39, 0.29) is 25.0 Å². The number of hydrogen-bond donors (Lipinski definition) is 1. The second kappa shape index (κ2) is 9.14. The molecule has 1 aromatic carbocycles. The van der Waals surface area contributed by atoms with Crippen LogP contribution in [0, 0.1) is 0 Å². The number of amides is 1. The first-order valence-electron chi connectivity index (χ1n) is 10.2. The molecule has 3 rings (SSSR count). The van der Waals surface area contributed by atoms with Gasteiger partial charge in [0, 0.05) is 25.7 Å². The smallest absolute Gasteiger partial charge is 0.408 e. The summed E-state index contributed by atoms with van der Waals surface area (Å²) in [5.41, 5.74) is 0.123. The number of carbonyl (C=O) groups is 3. The van der Waals surface area contributed by atoms with Crippen LogP contribution in [0.1, 0.15) is 45.6 Å². The largest absolute Gasteiger partial charge is 0.453 e. The number of ether oxygens (including phenoxy) is 4. The molecule has 2 atom stereocenters. The summed E-state index contributed by atoms with van der Waals surface area (Å²) in [5, 5.41) is 2.58. The van der Waals surface area contributed by atoms with Gasteiger partial charge in [0.25, 0.3) is 0 Å². The average molecular weight is 419 g/mol. The van der Waals surface area contributed by atoms with Gasteiger partial charge in [0.05, 0.1) is 13.2 Å². The van der Waals surface area contributed by atoms with Crippen LogP contribution in [0.2, 0.25) is 0 Å². The van der Waals surface area contributed by atoms with Gasteiger partial charge in [-0.25, -0.2) is 9.59 Å². The lowest BCUT2D eigenvalue weighted by molar-refractivity contribution is -0.204. The number of ketones is 1. The molecule has 1 saturated carbocycles. The van der Waals surface area contributed by atoms with Crippen LogP contribution >= 0.6 is 0 Å². The monoisotopic (exact) mass is 419 g/mol. The van der Waals surface area contributed by atoms with Crippen LogP contribution in [0.25, 0.3) is 0 Å². The Bertz CT molecular complexity index is 765. The highest BCUT2D eigenvalue weighted by molar-refractivity contribution is 5.88. The van der Waals surface area contributed by atoms with Crippen LogP contribution < -0.4 is 5.32 Å². The Kier molecular flexibility index (Phi) is 6.77. The molecule has 1 saturated heterocycles. The van der Waals surface area contributed by atoms with Crippen LogP contribution in [0.15, 0.2) is 30.3 Å². The van der Waals surface area contributed by atoms with Gasteiger partial charge in [0.15, 0.2) is 17.7 Å². The number of carbonyl (C=O) groups excluding carboxylic acids is 3. The van der Waals surface area contributed by atoms with Crippen molar-refractivity contribution >= 4 is 17.8 Å². The predicted octanol–water partition coefficient (Wildman–Crippen LogP) is 2.53. The molecule has 30 heavy (non-hydrogen) atoms. The van der Waals surface area contributed by atoms with E-state index in [9.17, 15) is 14.4 Å². The van der Waals surface area contributed by atoms with Gasteiger partial charge in [0.2, 0.25) is 0 Å². The molecule has 1 amide bonds. The molecule has 0 unspecified atom stereocenters. The van der Waals surface area contributed by atoms with Crippen molar-refractivity contribution in [1.29, 1.82) is 0 Å². The summed E-state index contributed by atoms with van der Waals surface area (Å²) in [5.74, 6) is -1.74. The van der Waals surface area contributed by atoms with E-state index in [0.717, 1.165) is 5.56 Å². The van der Waals surface area contributed by atoms with Crippen LogP contribution in [0.5, 0.6) is 0 Å². The molecule has 0 bridgehead atoms. The Balaban J connectivity index is 1.70. The molecular weight excluding hydrogens is 390 g/mol. The van der Waals surface area contributed by atoms with Gasteiger partial charge in [0.1, 0.15) is 11.6 Å². The maximum Gasteiger partial charge on any atom is 0.408 e. The first kappa shape index (κ1) is 22.2. The normalized spacial score (nSPS) is 21.8. The van der Waals surface area contributed by atoms with E-state index in [2.05, 4.69) is 5.32 Å². The van der Waals surface area contributed by atoms with Gasteiger partial charge in [-0.05, 0) is 26.3 Å². The number of alkyl carbamates (subject to hydrolysis) is 1. The van der Waals surface area contributed by atoms with Crippen molar-refractivity contribution < 1.29 is 33.3 Å². The summed E-state index contributed by atoms with van der Waals surface area (Å²) < 4.78 is 22.1. The molecule has 8 nitrogen and oxygen atoms in total. The first-order chi connectivity index (χ1) is 14.2. The lowest BCUT2D eigenvalue weighted by Crippen LogP contribution is -2.50. The van der Waals surface area contributed by atoms with Crippen LogP contribution in [-0.4, -0.2) is 54.6 Å². The Morgan fingerprint density at radius 1 is 1.20 bits per heavy atom. The molecular formula is C22H29NO7. The maximum absolute atomic E-state index is 12.9. The van der Waals surface area contributed by atoms with Crippen molar-refractivity contribution in [2.45, 2.75) is 70.0 Å². The highest BCUT2D eigenvalue weighted by Gasteiger charge is 2.46. The Morgan fingerprint density at radius 3 is 2.50 bits per heavy atom. The number of Topliss-reactive ketones (excluding diaryl/α,β-unsaturated/α-hetero) is 1. The van der Waals surface area contributed by atoms with Crippen LogP contribution in [-0.2, 0) is 35.0 Å². The van der Waals surface area contributed by atoms with E-state index in [0.29, 0.717) is 19.6 Å². The predicted molar refractivity (Wildman–Crippen MR) is 107 cm³/mol. The molecule has 1 aliphatic heterocycles. The summed E-state index contributed by atoms with van der Waals surface area (Å²) in [7, 11) is 0. The molecule has 0 aromatic heterocycles. The van der Waals surface area contributed by atoms with Gasteiger partial charge < -0.3 is 24.3 Å². The minimum absolute atomic E-state index is 0.155. The van der Waals surface area contributed by atoms with E-state index in [1.54, 1.807) is 20.8 Å². The van der Waals surface area contributed by atoms with E-state index < -0.39 is 35.6 Å². The molecule has 164 valence electrons. The van der Waals surface area contributed by atoms with Crippen LogP contribution in [0.3, 0.4) is 0 Å². The molecule has 2 aliphatic rings. The van der Waals surface area contributed by atoms with E-state index in [1.165, 1.54) is 0 Å². The summed E-state index contributed by atoms with van der Waals surface area (Å²) in [4.78, 5) is 37.6. The number of rotatable bonds is 5. The van der Waals surface area contributed by atoms with Gasteiger partial charge in [-0.15, -0.1) is 0 Å². The third kappa shape index (κ3) is 6.03. The molecule has 1 spiro atoms. The second-order valence-electron chi connectivity index (χ2n) is 8.59. The van der Waals surface area contributed by atoms with E-state index in [1.807, 2.05) is 30.3 Å². The number of hydrogen-bond acceptors (Lipinski definition) is 7. The summed E-state index contributed by atoms with van der Waals surface area (Å²) in [6.45, 7) is 6.11. The quantitative estimate of drug-likeness (QED) is 0.732. The van der Waals surface area contributed by atoms with Crippen molar-refractivity contribution in [3.8, 4) is 0 Å². The van der Waals surface area contributed by atoms with Gasteiger partial charge in [-0.1, -0.05) is 30.3 Å². The molecule has 1 aromatic rings.